The summed E-state index contributed by atoms with van der Waals surface area (Å²) in [5, 5.41) is -1.34. The predicted octanol–water partition coefficient (Wildman–Crippen LogP) is 19.2. The lowest BCUT2D eigenvalue weighted by atomic mass is 9.33. The Morgan fingerprint density at radius 2 is 0.699 bits per heavy atom. The number of anilines is 6. The second kappa shape index (κ2) is 18.6. The van der Waals surface area contributed by atoms with Crippen molar-refractivity contribution < 1.29 is 30.2 Å². The van der Waals surface area contributed by atoms with Gasteiger partial charge in [0.05, 0.1) is 63.6 Å². The average Bonchev–Trinajstić information content (AvgIpc) is 1.54. The van der Waals surface area contributed by atoms with Gasteiger partial charge in [-0.2, -0.15) is 0 Å². The topological polar surface area (TPSA) is 16.3 Å². The summed E-state index contributed by atoms with van der Waals surface area (Å²) in [6.07, 6.45) is 0. The molecule has 0 N–H and O–H groups in total. The average molecular weight is 1090 g/mol. The molecule has 2 aliphatic heterocycles. The Kier molecular flexibility index (Phi) is 7.25. The van der Waals surface area contributed by atoms with E-state index in [4.69, 9.17) is 11.0 Å². The van der Waals surface area contributed by atoms with E-state index < -0.39 is 179 Å². The summed E-state index contributed by atoms with van der Waals surface area (Å²) < 4.78 is 216. The first-order valence-corrected chi connectivity index (χ1v) is 27.8. The van der Waals surface area contributed by atoms with Crippen molar-refractivity contribution in [3.05, 3.63) is 259 Å². The van der Waals surface area contributed by atoms with E-state index in [1.807, 2.05) is 128 Å². The number of aromatic nitrogens is 2. The highest BCUT2D eigenvalue weighted by molar-refractivity contribution is 7.00. The van der Waals surface area contributed by atoms with Gasteiger partial charge in [0.25, 0.3) is 6.71 Å². The summed E-state index contributed by atoms with van der Waals surface area (Å²) in [6, 6.07) is 19.3. The van der Waals surface area contributed by atoms with Gasteiger partial charge in [-0.15, -0.1) is 0 Å². The first kappa shape index (κ1) is 32.4. The van der Waals surface area contributed by atoms with E-state index in [0.717, 1.165) is 31.4 Å². The lowest BCUT2D eigenvalue weighted by Gasteiger charge is -2.46. The van der Waals surface area contributed by atoms with Crippen molar-refractivity contribution in [2.75, 3.05) is 9.80 Å². The quantitative estimate of drug-likeness (QED) is 0.154. The predicted molar refractivity (Wildman–Crippen MR) is 356 cm³/mol. The largest absolute Gasteiger partial charge is 0.311 e. The van der Waals surface area contributed by atoms with Gasteiger partial charge in [0.1, 0.15) is 0 Å². The Morgan fingerprint density at radius 3 is 1.07 bits per heavy atom. The standard InChI is InChI=1S/C78H67BN4/c1-76(2,3)52-26-22-24-50(44-52)57-28-10-16-34-65(57)82-71-48-55(80-67-36-18-12-30-59(67)60-31-13-19-37-68(60)80)40-42-63(71)79-64-43-41-56(81-69-38-20-14-32-61(69)62-33-15-21-39-70(62)81)49-72(64)83(74-47-54(78(7,8)9)46-73(82)75(74)79)66-35-17-11-29-58(66)51-25-23-27-53(45-51)77(4,5)6/h10-49H,1-9H3/i12D,13D,14D,15D,18D,19D,20D,21D,30D,31D,32D,33D,36D,37D,38D,39D,40D,41D,42D,43D,48D,49D. The van der Waals surface area contributed by atoms with E-state index in [9.17, 15) is 19.2 Å². The van der Waals surface area contributed by atoms with Gasteiger partial charge < -0.3 is 18.9 Å². The van der Waals surface area contributed by atoms with E-state index in [1.54, 1.807) is 0 Å². The molecule has 2 aromatic heterocycles. The molecule has 5 heteroatoms. The fourth-order valence-corrected chi connectivity index (χ4v) is 12.1. The third-order valence-electron chi connectivity index (χ3n) is 16.3. The van der Waals surface area contributed by atoms with E-state index in [-0.39, 0.29) is 54.7 Å². The molecule has 0 unspecified atom stereocenters. The normalized spacial score (nSPS) is 17.0. The summed E-state index contributed by atoms with van der Waals surface area (Å²) in [5.41, 5.74) is 2.43. The monoisotopic (exact) mass is 1090 g/mol. The molecule has 83 heavy (non-hydrogen) atoms. The van der Waals surface area contributed by atoms with E-state index in [1.165, 1.54) is 0 Å². The minimum atomic E-state index is -1.54. The summed E-state index contributed by atoms with van der Waals surface area (Å²) in [5.74, 6) is 0. The molecular weight excluding hydrogens is 1000 g/mol. The minimum absolute atomic E-state index is 0.124. The van der Waals surface area contributed by atoms with Crippen LogP contribution in [-0.2, 0) is 16.2 Å². The number of benzene rings is 11. The third-order valence-corrected chi connectivity index (χ3v) is 16.3. The molecule has 0 aliphatic carbocycles. The van der Waals surface area contributed by atoms with Crippen LogP contribution in [0.4, 0.5) is 34.1 Å². The number of hydrogen-bond acceptors (Lipinski definition) is 2. The van der Waals surface area contributed by atoms with Crippen molar-refractivity contribution in [1.29, 1.82) is 0 Å². The van der Waals surface area contributed by atoms with E-state index in [0.29, 0.717) is 44.9 Å². The molecule has 0 fully saturated rings. The van der Waals surface area contributed by atoms with Crippen molar-refractivity contribution >= 4 is 101 Å². The lowest BCUT2D eigenvalue weighted by Crippen LogP contribution is -2.61. The van der Waals surface area contributed by atoms with Gasteiger partial charge in [-0.25, -0.2) is 0 Å². The van der Waals surface area contributed by atoms with Crippen molar-refractivity contribution in [1.82, 2.24) is 9.13 Å². The molecule has 4 heterocycles. The highest BCUT2D eigenvalue weighted by Crippen LogP contribution is 2.51. The molecular formula is C78H67BN4. The minimum Gasteiger partial charge on any atom is -0.311 e. The second-order valence-electron chi connectivity index (χ2n) is 24.5. The third kappa shape index (κ3) is 8.03. The van der Waals surface area contributed by atoms with Gasteiger partial charge in [-0.3, -0.25) is 0 Å². The zero-order valence-corrected chi connectivity index (χ0v) is 47.3. The molecule has 0 radical (unpaired) electrons. The Bertz CT molecular complexity index is 5600. The highest BCUT2D eigenvalue weighted by atomic mass is 15.2. The molecule has 0 amide bonds. The van der Waals surface area contributed by atoms with Gasteiger partial charge in [0.2, 0.25) is 0 Å². The second-order valence-corrected chi connectivity index (χ2v) is 24.5. The summed E-state index contributed by atoms with van der Waals surface area (Å²) >= 11 is 0. The Hall–Kier alpha value is -9.32. The molecule has 0 saturated carbocycles. The molecule has 11 aromatic carbocycles. The Labute approximate surface area is 519 Å². The van der Waals surface area contributed by atoms with Gasteiger partial charge in [-0.05, 0) is 133 Å². The number of fused-ring (bicyclic) bond motifs is 10. The SMILES string of the molecule is [2H]c1c([2H])c(-n2c3c([2H])c([2H])c([2H])c([2H])c3c3c([2H])c([2H])c([2H])c([2H])c32)c([2H])c2c1B1c3c(cc(C(C)(C)C)cc3N(c3ccccc3-c3cccc(C(C)(C)C)c3)c3c([2H])c(-n4c5c([2H])c([2H])c([2H])c([2H])c5c5c([2H])c([2H])c([2H])c([2H])c54)c([2H])c([2H])c31)N2c1ccccc1-c1cccc(C(C)(C)C)c1. The molecule has 15 rings (SSSR count). The maximum Gasteiger partial charge on any atom is 0.252 e. The van der Waals surface area contributed by atoms with Crippen LogP contribution in [0.15, 0.2) is 242 Å². The van der Waals surface area contributed by atoms with E-state index >= 15 is 0 Å². The van der Waals surface area contributed by atoms with Gasteiger partial charge in [-0.1, -0.05) is 232 Å². The fourth-order valence-electron chi connectivity index (χ4n) is 12.1. The summed E-state index contributed by atoms with van der Waals surface area (Å²) in [6.45, 7) is 17.0. The van der Waals surface area contributed by atoms with Gasteiger partial charge in [0.15, 0.2) is 0 Å². The molecule has 0 bridgehead atoms. The molecule has 0 saturated heterocycles. The molecule has 0 atom stereocenters. The fraction of sp³-hybridized carbons (Fsp3) is 0.154. The van der Waals surface area contributed by atoms with Crippen LogP contribution >= 0.6 is 0 Å². The van der Waals surface area contributed by atoms with Crippen LogP contribution in [0.5, 0.6) is 0 Å². The van der Waals surface area contributed by atoms with Crippen molar-refractivity contribution in [2.45, 2.75) is 78.6 Å². The molecule has 2 aliphatic rings. The van der Waals surface area contributed by atoms with Crippen LogP contribution < -0.4 is 26.2 Å². The first-order chi connectivity index (χ1) is 49.3. The van der Waals surface area contributed by atoms with Crippen molar-refractivity contribution in [3.8, 4) is 33.6 Å². The maximum absolute atomic E-state index is 11.2. The number of nitrogens with zero attached hydrogens (tertiary/aromatic N) is 4. The lowest BCUT2D eigenvalue weighted by molar-refractivity contribution is 0.590. The summed E-state index contributed by atoms with van der Waals surface area (Å²) in [7, 11) is 0. The molecule has 402 valence electrons. The van der Waals surface area contributed by atoms with Gasteiger partial charge >= 0.3 is 0 Å². The Balaban J connectivity index is 1.19. The molecule has 4 nitrogen and oxygen atoms in total. The zero-order valence-electron chi connectivity index (χ0n) is 69.3. The van der Waals surface area contributed by atoms with Crippen LogP contribution in [0.2, 0.25) is 0 Å². The van der Waals surface area contributed by atoms with Crippen LogP contribution in [0.25, 0.3) is 77.2 Å². The number of rotatable bonds is 6. The number of para-hydroxylation sites is 6. The summed E-state index contributed by atoms with van der Waals surface area (Å²) in [4.78, 5) is 3.62. The molecule has 13 aromatic rings. The number of hydrogen-bond donors (Lipinski definition) is 0. The van der Waals surface area contributed by atoms with Crippen molar-refractivity contribution in [3.63, 3.8) is 0 Å². The van der Waals surface area contributed by atoms with Crippen LogP contribution in [0, 0.1) is 0 Å². The Morgan fingerprint density at radius 1 is 0.337 bits per heavy atom. The van der Waals surface area contributed by atoms with Crippen LogP contribution in [-0.4, -0.2) is 15.8 Å². The van der Waals surface area contributed by atoms with Crippen molar-refractivity contribution in [2.24, 2.45) is 0 Å². The smallest absolute Gasteiger partial charge is 0.252 e. The maximum atomic E-state index is 11.2. The van der Waals surface area contributed by atoms with Gasteiger partial charge in [0, 0.05) is 66.8 Å². The zero-order chi connectivity index (χ0) is 75.8. The first-order valence-electron chi connectivity index (χ1n) is 38.8. The highest BCUT2D eigenvalue weighted by Gasteiger charge is 2.45. The van der Waals surface area contributed by atoms with Crippen LogP contribution in [0.1, 0.15) is 109 Å². The van der Waals surface area contributed by atoms with Crippen LogP contribution in [0.3, 0.4) is 0 Å². The molecule has 0 spiro atoms. The van der Waals surface area contributed by atoms with E-state index in [2.05, 4.69) is 53.7 Å².